The number of unbranched alkanes of at least 4 members (excludes halogenated alkanes) is 5. The van der Waals surface area contributed by atoms with Gasteiger partial charge in [-0.25, -0.2) is 4.57 Å². The van der Waals surface area contributed by atoms with E-state index in [9.17, 15) is 19.0 Å². The molecule has 3 N–H and O–H groups in total. The van der Waals surface area contributed by atoms with Gasteiger partial charge in [0, 0.05) is 19.4 Å². The van der Waals surface area contributed by atoms with E-state index in [-0.39, 0.29) is 32.6 Å². The second kappa shape index (κ2) is 61.8. The van der Waals surface area contributed by atoms with Crippen molar-refractivity contribution in [2.45, 2.75) is 187 Å². The first-order chi connectivity index (χ1) is 38.8. The van der Waals surface area contributed by atoms with Gasteiger partial charge in [0.1, 0.15) is 6.61 Å². The van der Waals surface area contributed by atoms with Crippen LogP contribution in [0.25, 0.3) is 0 Å². The SMILES string of the molecule is CC/C=C\C/C=C\C/C=C\C/C=C\C/C=C\C/C=C\C/C=C\C/C=C\C/C=C\CCCC(=O)OC(COC(=O)CCCCCC/C=C\C/C=C\C/C=C\C/C=C\C/C=C\C/C=C\C/C=C\C/C=C\CC)COP(=O)(O)OCCN. The fourth-order valence-electron chi connectivity index (χ4n) is 6.89. The van der Waals surface area contributed by atoms with Crippen LogP contribution in [0.3, 0.4) is 0 Å². The zero-order valence-corrected chi connectivity index (χ0v) is 49.6. The van der Waals surface area contributed by atoms with E-state index in [4.69, 9.17) is 24.3 Å². The average molecular weight is 1110 g/mol. The number of allylic oxidation sites excluding steroid dienone is 34. The lowest BCUT2D eigenvalue weighted by molar-refractivity contribution is -0.161. The first kappa shape index (κ1) is 73.6. The highest BCUT2D eigenvalue weighted by molar-refractivity contribution is 7.47. The van der Waals surface area contributed by atoms with Crippen molar-refractivity contribution in [3.63, 3.8) is 0 Å². The standard InChI is InChI=1S/C69H104NO8P/c1-3-5-7-9-11-13-15-17-19-21-23-25-27-29-31-33-35-37-39-41-43-45-47-49-51-53-55-57-59-61-68(71)75-65-67(66-77-79(73,74)76-64-63-70)78-69(72)62-60-58-56-54-52-50-48-46-44-42-40-38-36-34-32-30-28-26-24-22-20-18-16-14-12-10-8-6-4-2/h5-8,11-14,17-20,23-26,29-32,35-38,41-44,47-50,54,56,67H,3-4,9-10,15-16,21-22,27-28,33-34,39-40,45-46,51-53,55,57-66,70H2,1-2H3,(H,73,74)/b7-5-,8-6-,13-11-,14-12-,19-17-,20-18-,25-23-,26-24-,31-29-,32-30-,37-35-,38-36-,43-41-,44-42-,49-47-,50-48-,56-54-. The predicted molar refractivity (Wildman–Crippen MR) is 338 cm³/mol. The lowest BCUT2D eigenvalue weighted by atomic mass is 10.1. The first-order valence-electron chi connectivity index (χ1n) is 29.6. The summed E-state index contributed by atoms with van der Waals surface area (Å²) in [5.74, 6) is -0.949. The monoisotopic (exact) mass is 1110 g/mol. The molecule has 0 fully saturated rings. The molecule has 0 saturated carbocycles. The van der Waals surface area contributed by atoms with E-state index in [2.05, 4.69) is 214 Å². The Morgan fingerprint density at radius 3 is 1.00 bits per heavy atom. The topological polar surface area (TPSA) is 134 Å². The first-order valence-corrected chi connectivity index (χ1v) is 31.1. The number of nitrogens with two attached hydrogens (primary N) is 1. The molecule has 0 aromatic heterocycles. The minimum atomic E-state index is -4.43. The third kappa shape index (κ3) is 61.7. The quantitative estimate of drug-likeness (QED) is 0.0264. The summed E-state index contributed by atoms with van der Waals surface area (Å²) in [4.78, 5) is 35.2. The minimum absolute atomic E-state index is 0.0273. The minimum Gasteiger partial charge on any atom is -0.462 e. The summed E-state index contributed by atoms with van der Waals surface area (Å²) in [5, 5.41) is 0. The molecule has 0 aliphatic carbocycles. The summed E-state index contributed by atoms with van der Waals surface area (Å²) in [7, 11) is -4.43. The third-order valence-electron chi connectivity index (χ3n) is 11.2. The largest absolute Gasteiger partial charge is 0.472 e. The molecule has 0 aliphatic heterocycles. The maximum Gasteiger partial charge on any atom is 0.472 e. The second-order valence-corrected chi connectivity index (χ2v) is 19.8. The molecular weight excluding hydrogens is 1000 g/mol. The van der Waals surface area contributed by atoms with E-state index < -0.39 is 32.5 Å². The number of hydrogen-bond donors (Lipinski definition) is 2. The smallest absolute Gasteiger partial charge is 0.462 e. The van der Waals surface area contributed by atoms with Crippen LogP contribution in [0.4, 0.5) is 0 Å². The van der Waals surface area contributed by atoms with Crippen LogP contribution in [0, 0.1) is 0 Å². The Labute approximate surface area is 480 Å². The zero-order chi connectivity index (χ0) is 57.3. The zero-order valence-electron chi connectivity index (χ0n) is 48.7. The van der Waals surface area contributed by atoms with Crippen LogP contribution in [-0.4, -0.2) is 49.3 Å². The summed E-state index contributed by atoms with van der Waals surface area (Å²) in [6.07, 6.45) is 96.0. The Hall–Kier alpha value is -5.41. The Balaban J connectivity index is 4.23. The molecule has 79 heavy (non-hydrogen) atoms. The number of phosphoric acid groups is 1. The lowest BCUT2D eigenvalue weighted by Gasteiger charge is -2.19. The Bertz CT molecular complexity index is 2040. The molecule has 9 nitrogen and oxygen atoms in total. The molecule has 0 radical (unpaired) electrons. The van der Waals surface area contributed by atoms with E-state index in [1.165, 1.54) is 0 Å². The van der Waals surface area contributed by atoms with Crippen molar-refractivity contribution in [3.05, 3.63) is 207 Å². The van der Waals surface area contributed by atoms with Crippen molar-refractivity contribution in [3.8, 4) is 0 Å². The second-order valence-electron chi connectivity index (χ2n) is 18.4. The van der Waals surface area contributed by atoms with Crippen LogP contribution in [0.15, 0.2) is 207 Å². The van der Waals surface area contributed by atoms with Crippen LogP contribution < -0.4 is 5.73 Å². The number of phosphoric ester groups is 1. The van der Waals surface area contributed by atoms with Crippen LogP contribution >= 0.6 is 7.82 Å². The van der Waals surface area contributed by atoms with Crippen molar-refractivity contribution in [2.24, 2.45) is 5.73 Å². The van der Waals surface area contributed by atoms with Crippen molar-refractivity contribution < 1.29 is 37.6 Å². The molecule has 0 heterocycles. The van der Waals surface area contributed by atoms with E-state index in [1.807, 2.05) is 6.08 Å². The van der Waals surface area contributed by atoms with Crippen LogP contribution in [0.2, 0.25) is 0 Å². The molecule has 0 aliphatic rings. The van der Waals surface area contributed by atoms with Gasteiger partial charge < -0.3 is 20.1 Å². The van der Waals surface area contributed by atoms with Gasteiger partial charge >= 0.3 is 19.8 Å². The highest BCUT2D eigenvalue weighted by atomic mass is 31.2. The molecule has 0 spiro atoms. The van der Waals surface area contributed by atoms with Crippen LogP contribution in [-0.2, 0) is 32.7 Å². The molecule has 0 aromatic rings. The summed E-state index contributed by atoms with van der Waals surface area (Å²) in [6, 6.07) is 0. The molecule has 438 valence electrons. The maximum atomic E-state index is 12.7. The molecule has 0 aromatic carbocycles. The van der Waals surface area contributed by atoms with Crippen molar-refractivity contribution >= 4 is 19.8 Å². The Morgan fingerprint density at radius 1 is 0.380 bits per heavy atom. The van der Waals surface area contributed by atoms with E-state index in [0.29, 0.717) is 19.3 Å². The summed E-state index contributed by atoms with van der Waals surface area (Å²) in [5.41, 5.74) is 5.38. The maximum absolute atomic E-state index is 12.7. The van der Waals surface area contributed by atoms with E-state index in [0.717, 1.165) is 135 Å². The molecule has 0 rings (SSSR count). The molecule has 2 unspecified atom stereocenters. The van der Waals surface area contributed by atoms with Crippen LogP contribution in [0.1, 0.15) is 181 Å². The number of carbonyl (C=O) groups excluding carboxylic acids is 2. The number of carbonyl (C=O) groups is 2. The molecule has 2 atom stereocenters. The van der Waals surface area contributed by atoms with Gasteiger partial charge in [0.05, 0.1) is 13.2 Å². The number of rotatable bonds is 52. The Morgan fingerprint density at radius 2 is 0.671 bits per heavy atom. The van der Waals surface area contributed by atoms with Crippen LogP contribution in [0.5, 0.6) is 0 Å². The van der Waals surface area contributed by atoms with Crippen molar-refractivity contribution in [2.75, 3.05) is 26.4 Å². The van der Waals surface area contributed by atoms with Gasteiger partial charge in [-0.05, 0) is 141 Å². The van der Waals surface area contributed by atoms with Gasteiger partial charge in [0.25, 0.3) is 0 Å². The summed E-state index contributed by atoms with van der Waals surface area (Å²) in [6.45, 7) is 3.37. The molecule has 0 bridgehead atoms. The van der Waals surface area contributed by atoms with E-state index in [1.54, 1.807) is 0 Å². The number of ether oxygens (including phenoxy) is 2. The fraction of sp³-hybridized carbons (Fsp3) is 0.478. The molecular formula is C69H104NO8P. The van der Waals surface area contributed by atoms with Gasteiger partial charge in [-0.15, -0.1) is 0 Å². The van der Waals surface area contributed by atoms with Gasteiger partial charge in [-0.3, -0.25) is 18.6 Å². The van der Waals surface area contributed by atoms with Gasteiger partial charge in [-0.1, -0.05) is 233 Å². The third-order valence-corrected chi connectivity index (χ3v) is 12.1. The highest BCUT2D eigenvalue weighted by Crippen LogP contribution is 2.43. The predicted octanol–water partition coefficient (Wildman–Crippen LogP) is 19.2. The van der Waals surface area contributed by atoms with Crippen molar-refractivity contribution in [1.82, 2.24) is 0 Å². The summed E-state index contributed by atoms with van der Waals surface area (Å²) >= 11 is 0. The average Bonchev–Trinajstić information content (AvgIpc) is 3.44. The number of hydrogen-bond acceptors (Lipinski definition) is 8. The normalized spacial score (nSPS) is 14.5. The fourth-order valence-corrected chi connectivity index (χ4v) is 7.65. The molecule has 0 saturated heterocycles. The van der Waals surface area contributed by atoms with Crippen molar-refractivity contribution in [1.29, 1.82) is 0 Å². The van der Waals surface area contributed by atoms with Gasteiger partial charge in [-0.2, -0.15) is 0 Å². The summed E-state index contributed by atoms with van der Waals surface area (Å²) < 4.78 is 32.9. The number of esters is 2. The van der Waals surface area contributed by atoms with Gasteiger partial charge in [0.2, 0.25) is 0 Å². The Kier molecular flexibility index (Phi) is 57.6. The molecule has 10 heteroatoms. The highest BCUT2D eigenvalue weighted by Gasteiger charge is 2.26. The molecule has 0 amide bonds. The van der Waals surface area contributed by atoms with E-state index >= 15 is 0 Å². The van der Waals surface area contributed by atoms with Gasteiger partial charge in [0.15, 0.2) is 6.10 Å². The lowest BCUT2D eigenvalue weighted by Crippen LogP contribution is -2.29.